The van der Waals surface area contributed by atoms with E-state index in [4.69, 9.17) is 16.7 Å². The zero-order valence-electron chi connectivity index (χ0n) is 7.87. The van der Waals surface area contributed by atoms with Gasteiger partial charge in [0.15, 0.2) is 0 Å². The third-order valence-corrected chi connectivity index (χ3v) is 3.59. The van der Waals surface area contributed by atoms with Crippen LogP contribution in [-0.4, -0.2) is 16.8 Å². The predicted molar refractivity (Wildman–Crippen MR) is 67.6 cm³/mol. The zero-order chi connectivity index (χ0) is 11.3. The summed E-state index contributed by atoms with van der Waals surface area (Å²) < 4.78 is 0.951. The van der Waals surface area contributed by atoms with Crippen LogP contribution in [0.15, 0.2) is 22.7 Å². The summed E-state index contributed by atoms with van der Waals surface area (Å²) in [5.74, 6) is 0.602. The lowest BCUT2D eigenvalue weighted by atomic mass is 10.2. The van der Waals surface area contributed by atoms with E-state index < -0.39 is 5.97 Å². The van der Waals surface area contributed by atoms with E-state index in [1.165, 1.54) is 0 Å². The van der Waals surface area contributed by atoms with Gasteiger partial charge in [-0.3, -0.25) is 4.79 Å². The van der Waals surface area contributed by atoms with Gasteiger partial charge in [0.25, 0.3) is 0 Å². The largest absolute Gasteiger partial charge is 0.481 e. The molecule has 1 N–H and O–H groups in total. The maximum atomic E-state index is 10.3. The van der Waals surface area contributed by atoms with E-state index in [2.05, 4.69) is 15.9 Å². The number of carboxylic acids is 1. The smallest absolute Gasteiger partial charge is 0.304 e. The van der Waals surface area contributed by atoms with Crippen LogP contribution in [0.1, 0.15) is 12.0 Å². The number of rotatable bonds is 5. The number of hydrogen-bond donors (Lipinski definition) is 1. The molecule has 0 bridgehead atoms. The number of thioether (sulfide) groups is 1. The monoisotopic (exact) mass is 308 g/mol. The molecule has 0 aromatic heterocycles. The van der Waals surface area contributed by atoms with Crippen molar-refractivity contribution >= 4 is 45.3 Å². The summed E-state index contributed by atoms with van der Waals surface area (Å²) in [6, 6.07) is 5.72. The van der Waals surface area contributed by atoms with Crippen LogP contribution in [0.3, 0.4) is 0 Å². The Kier molecular flexibility index (Phi) is 5.50. The number of halogens is 2. The van der Waals surface area contributed by atoms with Crippen molar-refractivity contribution in [3.63, 3.8) is 0 Å². The summed E-state index contributed by atoms with van der Waals surface area (Å²) >= 11 is 10.9. The highest BCUT2D eigenvalue weighted by molar-refractivity contribution is 9.10. The van der Waals surface area contributed by atoms with E-state index in [0.717, 1.165) is 15.8 Å². The number of benzene rings is 1. The van der Waals surface area contributed by atoms with E-state index in [1.807, 2.05) is 18.2 Å². The van der Waals surface area contributed by atoms with Gasteiger partial charge in [-0.1, -0.05) is 33.6 Å². The van der Waals surface area contributed by atoms with Gasteiger partial charge in [0.2, 0.25) is 0 Å². The second-order valence-electron chi connectivity index (χ2n) is 2.93. The summed E-state index contributed by atoms with van der Waals surface area (Å²) in [4.78, 5) is 10.3. The Hall–Kier alpha value is -0.190. The fourth-order valence-electron chi connectivity index (χ4n) is 0.980. The molecule has 0 radical (unpaired) electrons. The maximum Gasteiger partial charge on any atom is 0.304 e. The normalized spacial score (nSPS) is 10.3. The first kappa shape index (κ1) is 12.9. The summed E-state index contributed by atoms with van der Waals surface area (Å²) in [5.41, 5.74) is 1.04. The average molecular weight is 310 g/mol. The molecule has 1 aromatic rings. The molecule has 0 saturated carbocycles. The Balaban J connectivity index is 2.40. The quantitative estimate of drug-likeness (QED) is 0.840. The highest BCUT2D eigenvalue weighted by Crippen LogP contribution is 2.25. The van der Waals surface area contributed by atoms with Crippen LogP contribution < -0.4 is 0 Å². The Morgan fingerprint density at radius 1 is 1.53 bits per heavy atom. The van der Waals surface area contributed by atoms with Crippen molar-refractivity contribution in [3.05, 3.63) is 33.3 Å². The van der Waals surface area contributed by atoms with E-state index in [-0.39, 0.29) is 6.42 Å². The van der Waals surface area contributed by atoms with E-state index in [9.17, 15) is 4.79 Å². The van der Waals surface area contributed by atoms with Crippen LogP contribution in [0.5, 0.6) is 0 Å². The number of aliphatic carboxylic acids is 1. The minimum atomic E-state index is -0.760. The predicted octanol–water partition coefficient (Wildman–Crippen LogP) is 3.81. The summed E-state index contributed by atoms with van der Waals surface area (Å²) in [6.07, 6.45) is 0.193. The summed E-state index contributed by atoms with van der Waals surface area (Å²) in [7, 11) is 0. The second kappa shape index (κ2) is 6.40. The van der Waals surface area contributed by atoms with E-state index >= 15 is 0 Å². The molecule has 0 atom stereocenters. The Bertz CT molecular complexity index is 357. The fourth-order valence-corrected chi connectivity index (χ4v) is 2.73. The van der Waals surface area contributed by atoms with Gasteiger partial charge in [-0.15, -0.1) is 0 Å². The zero-order valence-corrected chi connectivity index (χ0v) is 11.0. The molecule has 0 amide bonds. The molecule has 15 heavy (non-hydrogen) atoms. The molecule has 0 fully saturated rings. The molecule has 0 aliphatic carbocycles. The highest BCUT2D eigenvalue weighted by atomic mass is 79.9. The van der Waals surface area contributed by atoms with Gasteiger partial charge < -0.3 is 5.11 Å². The topological polar surface area (TPSA) is 37.3 Å². The number of carbonyl (C=O) groups is 1. The van der Waals surface area contributed by atoms with Crippen LogP contribution in [-0.2, 0) is 10.5 Å². The van der Waals surface area contributed by atoms with Gasteiger partial charge in [0, 0.05) is 21.0 Å². The van der Waals surface area contributed by atoms with Crippen molar-refractivity contribution in [2.45, 2.75) is 12.2 Å². The molecule has 82 valence electrons. The van der Waals surface area contributed by atoms with Crippen LogP contribution in [0.2, 0.25) is 5.02 Å². The van der Waals surface area contributed by atoms with E-state index in [0.29, 0.717) is 10.8 Å². The molecule has 0 aliphatic rings. The van der Waals surface area contributed by atoms with Crippen LogP contribution >= 0.6 is 39.3 Å². The lowest BCUT2D eigenvalue weighted by molar-refractivity contribution is -0.136. The van der Waals surface area contributed by atoms with Crippen molar-refractivity contribution in [2.24, 2.45) is 0 Å². The lowest BCUT2D eigenvalue weighted by Gasteiger charge is -2.03. The minimum Gasteiger partial charge on any atom is -0.481 e. The Morgan fingerprint density at radius 3 is 2.87 bits per heavy atom. The van der Waals surface area contributed by atoms with Crippen molar-refractivity contribution in [1.29, 1.82) is 0 Å². The van der Waals surface area contributed by atoms with Crippen LogP contribution in [0.25, 0.3) is 0 Å². The maximum absolute atomic E-state index is 10.3. The van der Waals surface area contributed by atoms with Gasteiger partial charge in [-0.05, 0) is 17.7 Å². The van der Waals surface area contributed by atoms with Gasteiger partial charge in [0.05, 0.1) is 6.42 Å². The minimum absolute atomic E-state index is 0.193. The Morgan fingerprint density at radius 2 is 2.27 bits per heavy atom. The first-order valence-electron chi connectivity index (χ1n) is 4.33. The number of hydrogen-bond acceptors (Lipinski definition) is 2. The van der Waals surface area contributed by atoms with Crippen molar-refractivity contribution < 1.29 is 9.90 Å². The van der Waals surface area contributed by atoms with Gasteiger partial charge in [-0.25, -0.2) is 0 Å². The lowest BCUT2D eigenvalue weighted by Crippen LogP contribution is -1.96. The standard InChI is InChI=1S/C10H10BrClO2S/c11-8-2-1-7(9(12)5-8)6-15-4-3-10(13)14/h1-2,5H,3-4,6H2,(H,13,14). The molecular weight excluding hydrogens is 300 g/mol. The molecule has 5 heteroatoms. The summed E-state index contributed by atoms with van der Waals surface area (Å²) in [5, 5.41) is 9.17. The van der Waals surface area contributed by atoms with Gasteiger partial charge >= 0.3 is 5.97 Å². The van der Waals surface area contributed by atoms with Crippen LogP contribution in [0.4, 0.5) is 0 Å². The third-order valence-electron chi connectivity index (χ3n) is 1.73. The van der Waals surface area contributed by atoms with E-state index in [1.54, 1.807) is 11.8 Å². The molecular formula is C10H10BrClO2S. The number of carboxylic acid groups (broad SMARTS) is 1. The molecule has 0 unspecified atom stereocenters. The molecule has 0 saturated heterocycles. The molecule has 1 aromatic carbocycles. The molecule has 0 aliphatic heterocycles. The first-order valence-corrected chi connectivity index (χ1v) is 6.65. The van der Waals surface area contributed by atoms with Crippen molar-refractivity contribution in [1.82, 2.24) is 0 Å². The van der Waals surface area contributed by atoms with Gasteiger partial charge in [0.1, 0.15) is 0 Å². The molecule has 1 rings (SSSR count). The van der Waals surface area contributed by atoms with Crippen molar-refractivity contribution in [2.75, 3.05) is 5.75 Å². The van der Waals surface area contributed by atoms with Crippen molar-refractivity contribution in [3.8, 4) is 0 Å². The van der Waals surface area contributed by atoms with Gasteiger partial charge in [-0.2, -0.15) is 11.8 Å². The highest BCUT2D eigenvalue weighted by Gasteiger charge is 2.02. The third kappa shape index (κ3) is 4.91. The molecule has 0 heterocycles. The summed E-state index contributed by atoms with van der Waals surface area (Å²) in [6.45, 7) is 0. The first-order chi connectivity index (χ1) is 7.09. The second-order valence-corrected chi connectivity index (χ2v) is 5.36. The molecule has 2 nitrogen and oxygen atoms in total. The SMILES string of the molecule is O=C(O)CCSCc1ccc(Br)cc1Cl. The fraction of sp³-hybridized carbons (Fsp3) is 0.300. The Labute approximate surface area is 106 Å². The van der Waals surface area contributed by atoms with Crippen LogP contribution in [0, 0.1) is 0 Å². The average Bonchev–Trinajstić information content (AvgIpc) is 2.14. The molecule has 0 spiro atoms.